The summed E-state index contributed by atoms with van der Waals surface area (Å²) in [5, 5.41) is 2.28. The van der Waals surface area contributed by atoms with Crippen molar-refractivity contribution in [3.8, 4) is 0 Å². The van der Waals surface area contributed by atoms with Crippen LogP contribution in [0.25, 0.3) is 21.8 Å². The van der Waals surface area contributed by atoms with Crippen LogP contribution in [0.4, 0.5) is 0 Å². The van der Waals surface area contributed by atoms with Gasteiger partial charge in [-0.3, -0.25) is 19.7 Å². The number of hydrogen-bond donors (Lipinski definition) is 0. The molecule has 5 heteroatoms. The molecule has 0 aliphatic heterocycles. The zero-order chi connectivity index (χ0) is 19.8. The molecule has 4 rings (SSSR count). The Bertz CT molecular complexity index is 995. The Morgan fingerprint density at radius 2 is 1.52 bits per heavy atom. The van der Waals surface area contributed by atoms with Gasteiger partial charge in [-0.05, 0) is 37.4 Å². The molecule has 0 saturated heterocycles. The van der Waals surface area contributed by atoms with Gasteiger partial charge in [0.2, 0.25) is 0 Å². The van der Waals surface area contributed by atoms with Gasteiger partial charge < -0.3 is 0 Å². The van der Waals surface area contributed by atoms with Gasteiger partial charge in [-0.1, -0.05) is 56.3 Å². The smallest absolute Gasteiger partial charge is 0.176 e. The number of carbonyl (C=O) groups is 1. The van der Waals surface area contributed by atoms with E-state index in [1.165, 1.54) is 0 Å². The Morgan fingerprint density at radius 1 is 0.828 bits per heavy atom. The largest absolute Gasteiger partial charge is 0.296 e. The van der Waals surface area contributed by atoms with E-state index in [1.807, 2.05) is 54.7 Å². The molecule has 4 aromatic rings. The standard InChI is InChI=1S/C12H8N2.C12H17NO.Ir/c1-3-9-5-6-11-10(4-2-7-13-11)12(9)14-8-1;1-3-13(4-2)10-12(14)11-8-6-5-7-9-11;/h1-8H;5-9H,3-4,10H2,1-2H3;. The van der Waals surface area contributed by atoms with Crippen molar-refractivity contribution in [1.82, 2.24) is 14.9 Å². The molecular weight excluding hydrogens is 539 g/mol. The van der Waals surface area contributed by atoms with Crippen LogP contribution in [0.5, 0.6) is 0 Å². The molecule has 0 unspecified atom stereocenters. The second kappa shape index (κ2) is 11.5. The maximum Gasteiger partial charge on any atom is 0.176 e. The summed E-state index contributed by atoms with van der Waals surface area (Å²) in [7, 11) is 0. The molecule has 29 heavy (non-hydrogen) atoms. The summed E-state index contributed by atoms with van der Waals surface area (Å²) >= 11 is 0. The van der Waals surface area contributed by atoms with Gasteiger partial charge in [0.15, 0.2) is 5.78 Å². The predicted octanol–water partition coefficient (Wildman–Crippen LogP) is 4.99. The van der Waals surface area contributed by atoms with Crippen molar-refractivity contribution in [3.63, 3.8) is 0 Å². The summed E-state index contributed by atoms with van der Waals surface area (Å²) in [4.78, 5) is 22.5. The number of likely N-dealkylation sites (N-methyl/N-ethyl adjacent to an activating group) is 1. The van der Waals surface area contributed by atoms with E-state index in [1.54, 1.807) is 6.20 Å². The Balaban J connectivity index is 0.000000200. The van der Waals surface area contributed by atoms with Crippen LogP contribution in [0, 0.1) is 0 Å². The fourth-order valence-corrected chi connectivity index (χ4v) is 3.06. The second-order valence-electron chi connectivity index (χ2n) is 6.46. The molecule has 0 N–H and O–H groups in total. The summed E-state index contributed by atoms with van der Waals surface area (Å²) in [5.41, 5.74) is 2.83. The van der Waals surface area contributed by atoms with Gasteiger partial charge in [-0.2, -0.15) is 0 Å². The van der Waals surface area contributed by atoms with Gasteiger partial charge in [0, 0.05) is 48.8 Å². The van der Waals surface area contributed by atoms with E-state index >= 15 is 0 Å². The summed E-state index contributed by atoms with van der Waals surface area (Å²) in [6.07, 6.45) is 3.62. The normalized spacial score (nSPS) is 10.3. The van der Waals surface area contributed by atoms with Gasteiger partial charge in [0.25, 0.3) is 0 Å². The van der Waals surface area contributed by atoms with Gasteiger partial charge >= 0.3 is 0 Å². The number of rotatable bonds is 5. The molecule has 151 valence electrons. The molecule has 4 nitrogen and oxygen atoms in total. The number of pyridine rings is 2. The van der Waals surface area contributed by atoms with Crippen LogP contribution in [0.15, 0.2) is 79.1 Å². The van der Waals surface area contributed by atoms with Crippen LogP contribution in [-0.2, 0) is 20.1 Å². The van der Waals surface area contributed by atoms with E-state index in [9.17, 15) is 4.79 Å². The van der Waals surface area contributed by atoms with Crippen molar-refractivity contribution in [2.45, 2.75) is 13.8 Å². The summed E-state index contributed by atoms with van der Waals surface area (Å²) in [6, 6.07) is 21.5. The van der Waals surface area contributed by atoms with Crippen LogP contribution in [0.1, 0.15) is 24.2 Å². The predicted molar refractivity (Wildman–Crippen MR) is 116 cm³/mol. The number of hydrogen-bond acceptors (Lipinski definition) is 4. The average molecular weight is 564 g/mol. The fourth-order valence-electron chi connectivity index (χ4n) is 3.06. The number of carbonyl (C=O) groups excluding carboxylic acids is 1. The molecule has 0 bridgehead atoms. The Hall–Kier alpha value is -2.46. The third-order valence-electron chi connectivity index (χ3n) is 4.71. The van der Waals surface area contributed by atoms with Crippen molar-refractivity contribution >= 4 is 27.6 Å². The first-order valence-electron chi connectivity index (χ1n) is 9.62. The Morgan fingerprint density at radius 3 is 2.24 bits per heavy atom. The second-order valence-corrected chi connectivity index (χ2v) is 6.46. The van der Waals surface area contributed by atoms with E-state index in [0.717, 1.165) is 40.5 Å². The number of fused-ring (bicyclic) bond motifs is 3. The topological polar surface area (TPSA) is 46.1 Å². The molecule has 1 radical (unpaired) electrons. The van der Waals surface area contributed by atoms with Crippen molar-refractivity contribution in [2.75, 3.05) is 19.6 Å². The molecular formula is C24H25IrN3O. The van der Waals surface area contributed by atoms with Crippen molar-refractivity contribution in [1.29, 1.82) is 0 Å². The van der Waals surface area contributed by atoms with E-state index in [-0.39, 0.29) is 25.9 Å². The third-order valence-corrected chi connectivity index (χ3v) is 4.71. The first kappa shape index (κ1) is 22.8. The van der Waals surface area contributed by atoms with Crippen molar-refractivity contribution in [2.24, 2.45) is 0 Å². The molecule has 0 saturated carbocycles. The number of aromatic nitrogens is 2. The zero-order valence-electron chi connectivity index (χ0n) is 16.7. The quantitative estimate of drug-likeness (QED) is 0.254. The average Bonchev–Trinajstić information content (AvgIpc) is 2.78. The number of Topliss-reactive ketones (excluding diaryl/α,β-unsaturated/α-hetero) is 1. The minimum absolute atomic E-state index is 0. The number of ketones is 1. The number of nitrogens with zero attached hydrogens (tertiary/aromatic N) is 3. The minimum Gasteiger partial charge on any atom is -0.296 e. The molecule has 0 aliphatic carbocycles. The first-order valence-corrected chi connectivity index (χ1v) is 9.62. The van der Waals surface area contributed by atoms with E-state index < -0.39 is 0 Å². The van der Waals surface area contributed by atoms with E-state index in [4.69, 9.17) is 0 Å². The molecule has 2 aromatic carbocycles. The molecule has 0 atom stereocenters. The summed E-state index contributed by atoms with van der Waals surface area (Å²) in [5.74, 6) is 0.203. The van der Waals surface area contributed by atoms with E-state index in [2.05, 4.69) is 46.9 Å². The van der Waals surface area contributed by atoms with Gasteiger partial charge in [-0.15, -0.1) is 0 Å². The van der Waals surface area contributed by atoms with Gasteiger partial charge in [0.05, 0.1) is 17.6 Å². The molecule has 0 spiro atoms. The van der Waals surface area contributed by atoms with Crippen LogP contribution in [-0.4, -0.2) is 40.3 Å². The van der Waals surface area contributed by atoms with Crippen LogP contribution < -0.4 is 0 Å². The molecule has 0 fully saturated rings. The molecule has 0 amide bonds. The molecule has 2 heterocycles. The maximum atomic E-state index is 11.7. The molecule has 0 aliphatic rings. The number of benzene rings is 2. The van der Waals surface area contributed by atoms with Gasteiger partial charge in [-0.25, -0.2) is 0 Å². The van der Waals surface area contributed by atoms with Crippen molar-refractivity contribution in [3.05, 3.63) is 84.7 Å². The van der Waals surface area contributed by atoms with Gasteiger partial charge in [0.1, 0.15) is 0 Å². The van der Waals surface area contributed by atoms with Crippen molar-refractivity contribution < 1.29 is 24.9 Å². The molecule has 2 aromatic heterocycles. The SMILES string of the molecule is CCN(CC)CC(=O)c1ccccc1.[Ir].c1cnc2c(c1)ccc1ncccc12. The first-order chi connectivity index (χ1) is 13.7. The minimum atomic E-state index is 0. The summed E-state index contributed by atoms with van der Waals surface area (Å²) < 4.78 is 0. The zero-order valence-corrected chi connectivity index (χ0v) is 19.1. The monoisotopic (exact) mass is 564 g/mol. The van der Waals surface area contributed by atoms with Crippen LogP contribution in [0.3, 0.4) is 0 Å². The maximum absolute atomic E-state index is 11.7. The Labute approximate surface area is 185 Å². The van der Waals surface area contributed by atoms with Crippen LogP contribution >= 0.6 is 0 Å². The van der Waals surface area contributed by atoms with Crippen LogP contribution in [0.2, 0.25) is 0 Å². The third kappa shape index (κ3) is 6.01. The Kier molecular flexibility index (Phi) is 9.07. The summed E-state index contributed by atoms with van der Waals surface area (Å²) in [6.45, 7) is 6.52. The van der Waals surface area contributed by atoms with E-state index in [0.29, 0.717) is 6.54 Å². The fraction of sp³-hybridized carbons (Fsp3) is 0.208.